The van der Waals surface area contributed by atoms with Crippen molar-refractivity contribution in [3.8, 4) is 11.5 Å². The van der Waals surface area contributed by atoms with E-state index in [4.69, 9.17) is 15.9 Å². The summed E-state index contributed by atoms with van der Waals surface area (Å²) in [6, 6.07) is 17.2. The molecule has 1 aliphatic heterocycles. The van der Waals surface area contributed by atoms with Crippen LogP contribution >= 0.6 is 11.3 Å². The van der Waals surface area contributed by atoms with Crippen LogP contribution in [0.3, 0.4) is 0 Å². The summed E-state index contributed by atoms with van der Waals surface area (Å²) in [5, 5.41) is 14.9. The van der Waals surface area contributed by atoms with Gasteiger partial charge in [-0.15, -0.1) is 11.3 Å². The maximum absolute atomic E-state index is 13.2. The summed E-state index contributed by atoms with van der Waals surface area (Å²) in [4.78, 5) is 41.4. The molecule has 1 aliphatic carbocycles. The molecule has 10 heteroatoms. The lowest BCUT2D eigenvalue weighted by Crippen LogP contribution is -2.50. The molecular weight excluding hydrogens is 502 g/mol. The van der Waals surface area contributed by atoms with E-state index in [1.807, 2.05) is 30.3 Å². The number of rotatable bonds is 9. The molecule has 2 heterocycles. The van der Waals surface area contributed by atoms with E-state index in [0.717, 1.165) is 11.3 Å². The lowest BCUT2D eigenvalue weighted by molar-refractivity contribution is -0.139. The molecule has 3 atom stereocenters. The Morgan fingerprint density at radius 3 is 2.45 bits per heavy atom. The maximum atomic E-state index is 13.2. The molecule has 9 nitrogen and oxygen atoms in total. The van der Waals surface area contributed by atoms with Crippen molar-refractivity contribution < 1.29 is 19.1 Å². The zero-order chi connectivity index (χ0) is 26.9. The highest BCUT2D eigenvalue weighted by Crippen LogP contribution is 2.59. The van der Waals surface area contributed by atoms with Gasteiger partial charge in [0.05, 0.1) is 13.1 Å². The van der Waals surface area contributed by atoms with Crippen LogP contribution in [0.2, 0.25) is 0 Å². The van der Waals surface area contributed by atoms with E-state index in [-0.39, 0.29) is 41.6 Å². The number of carbonyl (C=O) groups excluding carboxylic acids is 3. The van der Waals surface area contributed by atoms with Crippen molar-refractivity contribution in [3.63, 3.8) is 0 Å². The first kappa shape index (κ1) is 25.5. The van der Waals surface area contributed by atoms with Crippen molar-refractivity contribution in [2.24, 2.45) is 11.1 Å². The standard InChI is InChI=1S/C28H29N5O4S/c1-28-12-22(27(36)31-14-21-11-18(16-38-21)25(29)30)33(23(28)13-28)24(34)15-32-26(35)17-7-9-20(10-8-17)37-19-5-3-2-4-6-19/h2-11,16,22-23H,12-15H2,1H3,(H3,29,30)(H,31,36)(H,32,35). The van der Waals surface area contributed by atoms with Gasteiger partial charge in [-0.3, -0.25) is 19.8 Å². The van der Waals surface area contributed by atoms with Gasteiger partial charge in [0.1, 0.15) is 23.4 Å². The Balaban J connectivity index is 1.16. The third-order valence-corrected chi connectivity index (χ3v) is 8.06. The highest BCUT2D eigenvalue weighted by Gasteiger charge is 2.64. The second-order valence-corrected chi connectivity index (χ2v) is 10.9. The monoisotopic (exact) mass is 531 g/mol. The minimum Gasteiger partial charge on any atom is -0.457 e. The van der Waals surface area contributed by atoms with E-state index in [1.165, 1.54) is 11.3 Å². The van der Waals surface area contributed by atoms with Crippen molar-refractivity contribution in [1.29, 1.82) is 5.41 Å². The average Bonchev–Trinajstić information content (AvgIpc) is 3.23. The number of hydrogen-bond acceptors (Lipinski definition) is 6. The molecule has 3 amide bonds. The Hall–Kier alpha value is -4.18. The van der Waals surface area contributed by atoms with Gasteiger partial charge in [0, 0.05) is 27.4 Å². The number of amidine groups is 1. The highest BCUT2D eigenvalue weighted by atomic mass is 32.1. The largest absolute Gasteiger partial charge is 0.457 e. The molecule has 1 saturated heterocycles. The van der Waals surface area contributed by atoms with Crippen LogP contribution in [-0.4, -0.2) is 47.1 Å². The molecule has 38 heavy (non-hydrogen) atoms. The van der Waals surface area contributed by atoms with Crippen molar-refractivity contribution in [1.82, 2.24) is 15.5 Å². The van der Waals surface area contributed by atoms with Gasteiger partial charge >= 0.3 is 0 Å². The first-order valence-corrected chi connectivity index (χ1v) is 13.2. The van der Waals surface area contributed by atoms with Crippen LogP contribution in [0.4, 0.5) is 0 Å². The van der Waals surface area contributed by atoms with Gasteiger partial charge in [-0.2, -0.15) is 0 Å². The number of hydrogen-bond donors (Lipinski definition) is 4. The zero-order valence-corrected chi connectivity index (χ0v) is 21.7. The first-order valence-electron chi connectivity index (χ1n) is 12.4. The number of nitrogens with zero attached hydrogens (tertiary/aromatic N) is 1. The fourth-order valence-electron chi connectivity index (χ4n) is 4.92. The molecule has 196 valence electrons. The van der Waals surface area contributed by atoms with E-state index >= 15 is 0 Å². The molecule has 3 aromatic rings. The Morgan fingerprint density at radius 2 is 1.76 bits per heavy atom. The van der Waals surface area contributed by atoms with Crippen molar-refractivity contribution >= 4 is 34.9 Å². The number of carbonyl (C=O) groups is 3. The summed E-state index contributed by atoms with van der Waals surface area (Å²) < 4.78 is 5.75. The van der Waals surface area contributed by atoms with Crippen LogP contribution in [-0.2, 0) is 16.1 Å². The third kappa shape index (κ3) is 5.40. The van der Waals surface area contributed by atoms with Crippen LogP contribution in [0.1, 0.15) is 40.6 Å². The Morgan fingerprint density at radius 1 is 1.05 bits per heavy atom. The number of thiophene rings is 1. The van der Waals surface area contributed by atoms with E-state index < -0.39 is 6.04 Å². The lowest BCUT2D eigenvalue weighted by Gasteiger charge is -2.27. The number of likely N-dealkylation sites (tertiary alicyclic amines) is 1. The molecular formula is C28H29N5O4S. The molecule has 5 N–H and O–H groups in total. The molecule has 2 aromatic carbocycles. The fraction of sp³-hybridized carbons (Fsp3) is 0.286. The van der Waals surface area contributed by atoms with E-state index in [0.29, 0.717) is 35.6 Å². The van der Waals surface area contributed by atoms with Gasteiger partial charge in [-0.1, -0.05) is 25.1 Å². The van der Waals surface area contributed by atoms with Crippen molar-refractivity contribution in [2.45, 2.75) is 38.4 Å². The van der Waals surface area contributed by atoms with E-state index in [9.17, 15) is 14.4 Å². The molecule has 5 rings (SSSR count). The topological polar surface area (TPSA) is 138 Å². The second-order valence-electron chi connectivity index (χ2n) is 9.95. The summed E-state index contributed by atoms with van der Waals surface area (Å²) in [7, 11) is 0. The third-order valence-electron chi connectivity index (χ3n) is 7.12. The number of nitrogens with two attached hydrogens (primary N) is 1. The molecule has 0 spiro atoms. The number of para-hydroxylation sites is 1. The first-order chi connectivity index (χ1) is 18.2. The Labute approximate surface area is 224 Å². The Kier molecular flexibility index (Phi) is 6.90. The van der Waals surface area contributed by atoms with E-state index in [2.05, 4.69) is 17.6 Å². The Bertz CT molecular complexity index is 1370. The molecule has 1 aromatic heterocycles. The number of amides is 3. The minimum atomic E-state index is -0.579. The number of benzene rings is 2. The molecule has 1 saturated carbocycles. The molecule has 2 aliphatic rings. The normalized spacial score (nSPS) is 21.3. The van der Waals surface area contributed by atoms with Crippen LogP contribution < -0.4 is 21.1 Å². The van der Waals surface area contributed by atoms with Crippen molar-refractivity contribution in [2.75, 3.05) is 6.54 Å². The zero-order valence-electron chi connectivity index (χ0n) is 20.9. The van der Waals surface area contributed by atoms with Crippen LogP contribution in [0.5, 0.6) is 11.5 Å². The number of nitrogens with one attached hydrogen (secondary N) is 3. The molecule has 3 unspecified atom stereocenters. The van der Waals surface area contributed by atoms with Gasteiger partial charge in [-0.05, 0) is 60.7 Å². The fourth-order valence-corrected chi connectivity index (χ4v) is 5.74. The van der Waals surface area contributed by atoms with Gasteiger partial charge in [0.2, 0.25) is 11.8 Å². The number of fused-ring (bicyclic) bond motifs is 1. The molecule has 0 radical (unpaired) electrons. The SMILES string of the molecule is CC12CC(C(=O)NCc3cc(C(=N)N)cs3)N(C(=O)CNC(=O)c3ccc(Oc4ccccc4)cc3)C1C2. The van der Waals surface area contributed by atoms with E-state index in [1.54, 1.807) is 40.6 Å². The predicted octanol–water partition coefficient (Wildman–Crippen LogP) is 3.25. The van der Waals surface area contributed by atoms with Crippen molar-refractivity contribution in [3.05, 3.63) is 82.0 Å². The number of ether oxygens (including phenoxy) is 1. The van der Waals surface area contributed by atoms with Gasteiger partial charge < -0.3 is 26.0 Å². The summed E-state index contributed by atoms with van der Waals surface area (Å²) in [5.41, 5.74) is 6.48. The van der Waals surface area contributed by atoms with Crippen LogP contribution in [0.25, 0.3) is 0 Å². The molecule has 2 fully saturated rings. The summed E-state index contributed by atoms with van der Waals surface area (Å²) in [6.45, 7) is 2.20. The average molecular weight is 532 g/mol. The van der Waals surface area contributed by atoms with Crippen LogP contribution in [0, 0.1) is 10.8 Å². The van der Waals surface area contributed by atoms with Gasteiger partial charge in [0.25, 0.3) is 5.91 Å². The lowest BCUT2D eigenvalue weighted by atomic mass is 10.0. The minimum absolute atomic E-state index is 0.00289. The van der Waals surface area contributed by atoms with Crippen LogP contribution in [0.15, 0.2) is 66.0 Å². The maximum Gasteiger partial charge on any atom is 0.251 e. The second kappa shape index (κ2) is 10.3. The predicted molar refractivity (Wildman–Crippen MR) is 144 cm³/mol. The number of nitrogen functional groups attached to an aromatic ring is 1. The molecule has 0 bridgehead atoms. The summed E-state index contributed by atoms with van der Waals surface area (Å²) in [5.74, 6) is 0.416. The highest BCUT2D eigenvalue weighted by molar-refractivity contribution is 7.10. The number of piperidine rings is 1. The quantitative estimate of drug-likeness (QED) is 0.248. The summed E-state index contributed by atoms with van der Waals surface area (Å²) >= 11 is 1.42. The van der Waals surface area contributed by atoms with Gasteiger partial charge in [0.15, 0.2) is 0 Å². The van der Waals surface area contributed by atoms with Gasteiger partial charge in [-0.25, -0.2) is 0 Å². The smallest absolute Gasteiger partial charge is 0.251 e. The summed E-state index contributed by atoms with van der Waals surface area (Å²) in [6.07, 6.45) is 1.45.